The number of anilines is 1. The van der Waals surface area contributed by atoms with Crippen molar-refractivity contribution in [3.8, 4) is 5.69 Å². The van der Waals surface area contributed by atoms with Gasteiger partial charge in [-0.2, -0.15) is 27.7 Å². The van der Waals surface area contributed by atoms with Crippen molar-refractivity contribution in [3.63, 3.8) is 0 Å². The molecule has 190 valence electrons. The molecule has 0 saturated carbocycles. The van der Waals surface area contributed by atoms with Gasteiger partial charge in [0.15, 0.2) is 5.69 Å². The van der Waals surface area contributed by atoms with Gasteiger partial charge < -0.3 is 4.90 Å². The summed E-state index contributed by atoms with van der Waals surface area (Å²) in [7, 11) is -3.16. The number of aromatic nitrogens is 4. The second-order valence-corrected chi connectivity index (χ2v) is 10.6. The topological polar surface area (TPSA) is 76.3 Å². The monoisotopic (exact) mass is 522 g/mol. The minimum absolute atomic E-state index is 0.0164. The maximum Gasteiger partial charge on any atom is 0.436 e. The van der Waals surface area contributed by atoms with E-state index in [-0.39, 0.29) is 12.4 Å². The second kappa shape index (κ2) is 8.59. The number of benzene rings is 2. The van der Waals surface area contributed by atoms with Crippen LogP contribution >= 0.6 is 0 Å². The van der Waals surface area contributed by atoms with Gasteiger partial charge in [0.25, 0.3) is 0 Å². The molecule has 0 unspecified atom stereocenters. The summed E-state index contributed by atoms with van der Waals surface area (Å²) in [5.41, 5.74) is 0.946. The molecule has 1 aliphatic rings. The molecule has 3 heterocycles. The van der Waals surface area contributed by atoms with E-state index in [0.29, 0.717) is 18.8 Å². The van der Waals surface area contributed by atoms with E-state index in [4.69, 9.17) is 0 Å². The SMILES string of the molecule is C[C@@H]1CN(c2ccc3c(cnn3-c3ccc(F)cc3)c2)CCN1S(=O)(=O)c1cn(C)nc1C(F)(F)F. The van der Waals surface area contributed by atoms with E-state index >= 15 is 0 Å². The van der Waals surface area contributed by atoms with Crippen LogP contribution in [-0.2, 0) is 23.2 Å². The van der Waals surface area contributed by atoms with Gasteiger partial charge in [0.2, 0.25) is 10.0 Å². The number of nitrogens with zero attached hydrogens (tertiary/aromatic N) is 6. The van der Waals surface area contributed by atoms with Crippen molar-refractivity contribution < 1.29 is 26.0 Å². The Morgan fingerprint density at radius 1 is 1.03 bits per heavy atom. The summed E-state index contributed by atoms with van der Waals surface area (Å²) in [6.07, 6.45) is -2.31. The molecule has 8 nitrogen and oxygen atoms in total. The third kappa shape index (κ3) is 4.22. The molecule has 2 aromatic heterocycles. The van der Waals surface area contributed by atoms with Crippen molar-refractivity contribution in [2.75, 3.05) is 24.5 Å². The maximum atomic E-state index is 13.4. The molecule has 1 fully saturated rings. The van der Waals surface area contributed by atoms with E-state index in [2.05, 4.69) is 10.2 Å². The highest BCUT2D eigenvalue weighted by molar-refractivity contribution is 7.89. The fraction of sp³-hybridized carbons (Fsp3) is 0.304. The van der Waals surface area contributed by atoms with Gasteiger partial charge in [0, 0.05) is 50.0 Å². The standard InChI is InChI=1S/C23H22F4N6O2S/c1-15-13-31(9-10-32(15)36(34,35)21-14-30(2)29-22(21)23(25,26)27)19-7-8-20-16(11-19)12-28-33(20)18-5-3-17(24)4-6-18/h3-8,11-12,14-15H,9-10,13H2,1-2H3/t15-/m1/s1. The molecule has 0 spiro atoms. The summed E-state index contributed by atoms with van der Waals surface area (Å²) >= 11 is 0. The predicted octanol–water partition coefficient (Wildman–Crippen LogP) is 3.82. The molecular formula is C23H22F4N6O2S. The Bertz CT molecular complexity index is 1530. The molecule has 1 aliphatic heterocycles. The van der Waals surface area contributed by atoms with E-state index in [1.54, 1.807) is 29.9 Å². The molecule has 0 radical (unpaired) electrons. The number of rotatable bonds is 4. The van der Waals surface area contributed by atoms with Crippen molar-refractivity contribution in [2.45, 2.75) is 24.0 Å². The number of alkyl halides is 3. The maximum absolute atomic E-state index is 13.4. The highest BCUT2D eigenvalue weighted by atomic mass is 32.2. The van der Waals surface area contributed by atoms with Gasteiger partial charge in [-0.05, 0) is 49.4 Å². The lowest BCUT2D eigenvalue weighted by Crippen LogP contribution is -2.54. The fourth-order valence-corrected chi connectivity index (χ4v) is 6.32. The molecule has 0 N–H and O–H groups in total. The number of aryl methyl sites for hydroxylation is 1. The molecule has 1 atom stereocenters. The summed E-state index contributed by atoms with van der Waals surface area (Å²) in [6.45, 7) is 2.27. The Labute approximate surface area is 204 Å². The third-order valence-corrected chi connectivity index (χ3v) is 8.22. The van der Waals surface area contributed by atoms with E-state index in [0.717, 1.165) is 31.8 Å². The first kappa shape index (κ1) is 24.3. The molecule has 5 rings (SSSR count). The van der Waals surface area contributed by atoms with Crippen LogP contribution in [0.4, 0.5) is 23.2 Å². The minimum atomic E-state index is -4.89. The first-order valence-electron chi connectivity index (χ1n) is 11.1. The van der Waals surface area contributed by atoms with E-state index in [1.165, 1.54) is 19.2 Å². The third-order valence-electron chi connectivity index (χ3n) is 6.20. The Balaban J connectivity index is 1.38. The Morgan fingerprint density at radius 3 is 2.39 bits per heavy atom. The smallest absolute Gasteiger partial charge is 0.369 e. The van der Waals surface area contributed by atoms with Gasteiger partial charge in [-0.15, -0.1) is 0 Å². The largest absolute Gasteiger partial charge is 0.436 e. The number of sulfonamides is 1. The second-order valence-electron chi connectivity index (χ2n) is 8.70. The van der Waals surface area contributed by atoms with Crippen LogP contribution in [0.3, 0.4) is 0 Å². The van der Waals surface area contributed by atoms with Crippen molar-refractivity contribution in [3.05, 3.63) is 66.4 Å². The molecule has 1 saturated heterocycles. The summed E-state index contributed by atoms with van der Waals surface area (Å²) in [5, 5.41) is 8.57. The van der Waals surface area contributed by atoms with Gasteiger partial charge >= 0.3 is 6.18 Å². The average Bonchev–Trinajstić information content (AvgIpc) is 3.43. The van der Waals surface area contributed by atoms with E-state index in [1.807, 2.05) is 23.1 Å². The Kier molecular flexibility index (Phi) is 5.79. The molecular weight excluding hydrogens is 500 g/mol. The lowest BCUT2D eigenvalue weighted by Gasteiger charge is -2.40. The molecule has 0 amide bonds. The average molecular weight is 523 g/mol. The van der Waals surface area contributed by atoms with Crippen LogP contribution in [0, 0.1) is 5.82 Å². The van der Waals surface area contributed by atoms with E-state index < -0.39 is 32.8 Å². The summed E-state index contributed by atoms with van der Waals surface area (Å²) in [4.78, 5) is 1.15. The molecule has 2 aromatic carbocycles. The lowest BCUT2D eigenvalue weighted by molar-refractivity contribution is -0.143. The molecule has 13 heteroatoms. The quantitative estimate of drug-likeness (QED) is 0.381. The van der Waals surface area contributed by atoms with Crippen molar-refractivity contribution in [1.82, 2.24) is 23.9 Å². The lowest BCUT2D eigenvalue weighted by atomic mass is 10.1. The van der Waals surface area contributed by atoms with E-state index in [9.17, 15) is 26.0 Å². The summed E-state index contributed by atoms with van der Waals surface area (Å²) < 4.78 is 83.5. The zero-order chi connectivity index (χ0) is 25.8. The zero-order valence-electron chi connectivity index (χ0n) is 19.3. The molecule has 0 aliphatic carbocycles. The van der Waals surface area contributed by atoms with Crippen LogP contribution in [0.5, 0.6) is 0 Å². The Morgan fingerprint density at radius 2 is 1.72 bits per heavy atom. The predicted molar refractivity (Wildman–Crippen MR) is 125 cm³/mol. The van der Waals surface area contributed by atoms with Gasteiger partial charge in [-0.25, -0.2) is 17.5 Å². The summed E-state index contributed by atoms with van der Waals surface area (Å²) in [5.74, 6) is -0.342. The highest BCUT2D eigenvalue weighted by Crippen LogP contribution is 2.35. The number of hydrogen-bond donors (Lipinski definition) is 0. The van der Waals surface area contributed by atoms with Gasteiger partial charge in [-0.1, -0.05) is 0 Å². The van der Waals surface area contributed by atoms with Crippen molar-refractivity contribution >= 4 is 26.6 Å². The first-order chi connectivity index (χ1) is 16.9. The van der Waals surface area contributed by atoms with Crippen LogP contribution in [-0.4, -0.2) is 58.0 Å². The van der Waals surface area contributed by atoms with Crippen LogP contribution in [0.25, 0.3) is 16.6 Å². The van der Waals surface area contributed by atoms with Crippen LogP contribution in [0.15, 0.2) is 59.8 Å². The summed E-state index contributed by atoms with van der Waals surface area (Å²) in [6, 6.07) is 11.1. The first-order valence-corrected chi connectivity index (χ1v) is 12.5. The number of hydrogen-bond acceptors (Lipinski definition) is 5. The number of fused-ring (bicyclic) bond motifs is 1. The van der Waals surface area contributed by atoms with Gasteiger partial charge in [-0.3, -0.25) is 4.68 Å². The number of halogens is 4. The minimum Gasteiger partial charge on any atom is -0.369 e. The normalized spacial score (nSPS) is 17.7. The van der Waals surface area contributed by atoms with Crippen LogP contribution < -0.4 is 4.90 Å². The van der Waals surface area contributed by atoms with Crippen LogP contribution in [0.1, 0.15) is 12.6 Å². The number of piperazine rings is 1. The van der Waals surface area contributed by atoms with Gasteiger partial charge in [0.1, 0.15) is 10.7 Å². The van der Waals surface area contributed by atoms with Crippen molar-refractivity contribution in [1.29, 1.82) is 0 Å². The van der Waals surface area contributed by atoms with Crippen LogP contribution in [0.2, 0.25) is 0 Å². The fourth-order valence-electron chi connectivity index (χ4n) is 4.52. The Hall–Kier alpha value is -3.45. The molecule has 4 aromatic rings. The zero-order valence-corrected chi connectivity index (χ0v) is 20.1. The van der Waals surface area contributed by atoms with Crippen molar-refractivity contribution in [2.24, 2.45) is 7.05 Å². The molecule has 0 bridgehead atoms. The molecule has 36 heavy (non-hydrogen) atoms. The van der Waals surface area contributed by atoms with Gasteiger partial charge in [0.05, 0.1) is 17.4 Å². The highest BCUT2D eigenvalue weighted by Gasteiger charge is 2.44.